The van der Waals surface area contributed by atoms with Gasteiger partial charge in [0.2, 0.25) is 5.91 Å². The summed E-state index contributed by atoms with van der Waals surface area (Å²) in [6.45, 7) is 5.99. The lowest BCUT2D eigenvalue weighted by Gasteiger charge is -1.96. The zero-order valence-electron chi connectivity index (χ0n) is 8.22. The zero-order chi connectivity index (χ0) is 9.56. The van der Waals surface area contributed by atoms with Crippen molar-refractivity contribution in [3.05, 3.63) is 23.8 Å². The molecule has 0 aliphatic heterocycles. The third-order valence-corrected chi connectivity index (χ3v) is 1.43. The van der Waals surface area contributed by atoms with Crippen LogP contribution in [-0.4, -0.2) is 13.0 Å². The quantitative estimate of drug-likeness (QED) is 0.504. The lowest BCUT2D eigenvalue weighted by atomic mass is 10.2. The first-order valence-corrected chi connectivity index (χ1v) is 4.15. The van der Waals surface area contributed by atoms with Crippen LogP contribution in [0.2, 0.25) is 0 Å². The van der Waals surface area contributed by atoms with Gasteiger partial charge in [-0.15, -0.1) is 0 Å². The Labute approximate surface area is 74.4 Å². The van der Waals surface area contributed by atoms with Gasteiger partial charge in [0, 0.05) is 12.6 Å². The van der Waals surface area contributed by atoms with Gasteiger partial charge in [-0.05, 0) is 12.8 Å². The van der Waals surface area contributed by atoms with E-state index < -0.39 is 0 Å². The molecule has 12 heavy (non-hydrogen) atoms. The van der Waals surface area contributed by atoms with E-state index in [9.17, 15) is 4.79 Å². The highest BCUT2D eigenvalue weighted by atomic mass is 16.1. The fraction of sp³-hybridized carbons (Fsp3) is 0.500. The van der Waals surface area contributed by atoms with Crippen molar-refractivity contribution in [3.63, 3.8) is 0 Å². The van der Waals surface area contributed by atoms with Crippen LogP contribution in [-0.2, 0) is 4.79 Å². The van der Waals surface area contributed by atoms with E-state index in [-0.39, 0.29) is 5.91 Å². The van der Waals surface area contributed by atoms with Crippen LogP contribution >= 0.6 is 0 Å². The van der Waals surface area contributed by atoms with Gasteiger partial charge in [0.15, 0.2) is 0 Å². The summed E-state index contributed by atoms with van der Waals surface area (Å²) in [5.74, 6) is 0.502. The first kappa shape index (κ1) is 11.0. The van der Waals surface area contributed by atoms with Crippen molar-refractivity contribution in [2.45, 2.75) is 20.8 Å². The summed E-state index contributed by atoms with van der Waals surface area (Å²) in [6, 6.07) is 0. The maximum absolute atomic E-state index is 11.0. The van der Waals surface area contributed by atoms with Crippen molar-refractivity contribution < 1.29 is 4.79 Å². The third-order valence-electron chi connectivity index (χ3n) is 1.43. The first-order valence-electron chi connectivity index (χ1n) is 4.15. The van der Waals surface area contributed by atoms with Gasteiger partial charge in [0.05, 0.1) is 0 Å². The number of amides is 1. The second-order valence-corrected chi connectivity index (χ2v) is 3.06. The Morgan fingerprint density at radius 1 is 1.42 bits per heavy atom. The van der Waals surface area contributed by atoms with E-state index in [1.54, 1.807) is 14.0 Å². The smallest absolute Gasteiger partial charge is 0.246 e. The van der Waals surface area contributed by atoms with E-state index in [0.717, 1.165) is 5.57 Å². The van der Waals surface area contributed by atoms with Crippen molar-refractivity contribution in [3.8, 4) is 0 Å². The normalized spacial score (nSPS) is 12.6. The Balaban J connectivity index is 4.09. The third kappa shape index (κ3) is 4.72. The van der Waals surface area contributed by atoms with Crippen molar-refractivity contribution >= 4 is 5.91 Å². The first-order chi connectivity index (χ1) is 5.57. The lowest BCUT2D eigenvalue weighted by molar-refractivity contribution is -0.116. The fourth-order valence-electron chi connectivity index (χ4n) is 0.695. The molecule has 0 saturated heterocycles. The molecule has 1 amide bonds. The molecule has 0 rings (SSSR count). The summed E-state index contributed by atoms with van der Waals surface area (Å²) >= 11 is 0. The molecule has 2 nitrogen and oxygen atoms in total. The number of hydrogen-bond donors (Lipinski definition) is 1. The summed E-state index contributed by atoms with van der Waals surface area (Å²) in [7, 11) is 1.63. The summed E-state index contributed by atoms with van der Waals surface area (Å²) in [5.41, 5.74) is 0.731. The van der Waals surface area contributed by atoms with E-state index in [1.165, 1.54) is 0 Å². The molecule has 0 aliphatic carbocycles. The molecule has 0 radical (unpaired) electrons. The van der Waals surface area contributed by atoms with E-state index in [0.29, 0.717) is 5.92 Å². The molecule has 0 heterocycles. The standard InChI is InChI=1S/C10H17NO/c1-8(2)6-5-7-9(3)10(12)11-4/h5-8H,1-4H3,(H,11,12)/b6-5+,9-7-. The highest BCUT2D eigenvalue weighted by molar-refractivity contribution is 5.92. The van der Waals surface area contributed by atoms with E-state index in [2.05, 4.69) is 19.2 Å². The molecule has 0 aromatic rings. The summed E-state index contributed by atoms with van der Waals surface area (Å²) in [5, 5.41) is 2.56. The maximum Gasteiger partial charge on any atom is 0.246 e. The Bertz CT molecular complexity index is 202. The molecular weight excluding hydrogens is 150 g/mol. The molecule has 68 valence electrons. The molecule has 2 heteroatoms. The molecule has 0 fully saturated rings. The van der Waals surface area contributed by atoms with Gasteiger partial charge in [0.25, 0.3) is 0 Å². The summed E-state index contributed by atoms with van der Waals surface area (Å²) < 4.78 is 0. The molecule has 0 atom stereocenters. The lowest BCUT2D eigenvalue weighted by Crippen LogP contribution is -2.18. The van der Waals surface area contributed by atoms with Gasteiger partial charge < -0.3 is 5.32 Å². The highest BCUT2D eigenvalue weighted by Crippen LogP contribution is 1.97. The predicted octanol–water partition coefficient (Wildman–Crippen LogP) is 1.89. The van der Waals surface area contributed by atoms with Crippen LogP contribution in [0.5, 0.6) is 0 Å². The van der Waals surface area contributed by atoms with Crippen molar-refractivity contribution in [2.75, 3.05) is 7.05 Å². The minimum absolute atomic E-state index is 0.0246. The monoisotopic (exact) mass is 167 g/mol. The van der Waals surface area contributed by atoms with Gasteiger partial charge in [0.1, 0.15) is 0 Å². The molecule has 0 saturated carbocycles. The molecule has 0 spiro atoms. The SMILES string of the molecule is CNC(=O)/C(C)=C\C=C\C(C)C. The minimum atomic E-state index is -0.0246. The number of carbonyl (C=O) groups excluding carboxylic acids is 1. The summed E-state index contributed by atoms with van der Waals surface area (Å²) in [4.78, 5) is 11.0. The number of hydrogen-bond acceptors (Lipinski definition) is 1. The second kappa shape index (κ2) is 5.58. The molecule has 0 aromatic carbocycles. The molecule has 0 aliphatic rings. The van der Waals surface area contributed by atoms with E-state index >= 15 is 0 Å². The van der Waals surface area contributed by atoms with Crippen LogP contribution in [0.4, 0.5) is 0 Å². The molecular formula is C10H17NO. The van der Waals surface area contributed by atoms with Crippen molar-refractivity contribution in [1.29, 1.82) is 0 Å². The fourth-order valence-corrected chi connectivity index (χ4v) is 0.695. The number of allylic oxidation sites excluding steroid dienone is 3. The minimum Gasteiger partial charge on any atom is -0.355 e. The van der Waals surface area contributed by atoms with Crippen LogP contribution in [0.3, 0.4) is 0 Å². The average Bonchev–Trinajstić information content (AvgIpc) is 2.02. The van der Waals surface area contributed by atoms with Crippen LogP contribution in [0.25, 0.3) is 0 Å². The zero-order valence-corrected chi connectivity index (χ0v) is 8.22. The number of rotatable bonds is 3. The van der Waals surface area contributed by atoms with Crippen molar-refractivity contribution in [2.24, 2.45) is 5.92 Å². The Morgan fingerprint density at radius 2 is 2.00 bits per heavy atom. The van der Waals surface area contributed by atoms with Gasteiger partial charge in [-0.3, -0.25) is 4.79 Å². The Hall–Kier alpha value is -1.05. The largest absolute Gasteiger partial charge is 0.355 e. The van der Waals surface area contributed by atoms with Gasteiger partial charge in [-0.25, -0.2) is 0 Å². The molecule has 0 aromatic heterocycles. The molecule has 0 unspecified atom stereocenters. The molecule has 0 bridgehead atoms. The van der Waals surface area contributed by atoms with Crippen LogP contribution < -0.4 is 5.32 Å². The van der Waals surface area contributed by atoms with Crippen LogP contribution in [0, 0.1) is 5.92 Å². The van der Waals surface area contributed by atoms with Gasteiger partial charge in [-0.2, -0.15) is 0 Å². The number of likely N-dealkylation sites (N-methyl/N-ethyl adjacent to an activating group) is 1. The number of nitrogens with one attached hydrogen (secondary N) is 1. The van der Waals surface area contributed by atoms with Crippen LogP contribution in [0.1, 0.15) is 20.8 Å². The predicted molar refractivity (Wildman–Crippen MR) is 51.8 cm³/mol. The van der Waals surface area contributed by atoms with Crippen molar-refractivity contribution in [1.82, 2.24) is 5.32 Å². The maximum atomic E-state index is 11.0. The van der Waals surface area contributed by atoms with Gasteiger partial charge in [-0.1, -0.05) is 32.1 Å². The summed E-state index contributed by atoms with van der Waals surface area (Å²) in [6.07, 6.45) is 5.78. The van der Waals surface area contributed by atoms with E-state index in [1.807, 2.05) is 18.2 Å². The number of carbonyl (C=O) groups is 1. The Kier molecular flexibility index (Phi) is 5.09. The topological polar surface area (TPSA) is 29.1 Å². The molecule has 1 N–H and O–H groups in total. The second-order valence-electron chi connectivity index (χ2n) is 3.06. The van der Waals surface area contributed by atoms with Crippen LogP contribution in [0.15, 0.2) is 23.8 Å². The Morgan fingerprint density at radius 3 is 2.42 bits per heavy atom. The van der Waals surface area contributed by atoms with Gasteiger partial charge >= 0.3 is 0 Å². The average molecular weight is 167 g/mol. The van der Waals surface area contributed by atoms with E-state index in [4.69, 9.17) is 0 Å². The highest BCUT2D eigenvalue weighted by Gasteiger charge is 1.96.